The van der Waals surface area contributed by atoms with Gasteiger partial charge in [0.2, 0.25) is 0 Å². The van der Waals surface area contributed by atoms with E-state index in [4.69, 9.17) is 11.6 Å². The first-order chi connectivity index (χ1) is 9.91. The lowest BCUT2D eigenvalue weighted by atomic mass is 10.1. The molecule has 7 heteroatoms. The average molecular weight is 331 g/mol. The van der Waals surface area contributed by atoms with Gasteiger partial charge in [0.15, 0.2) is 0 Å². The van der Waals surface area contributed by atoms with E-state index in [2.05, 4.69) is 4.98 Å². The van der Waals surface area contributed by atoms with Crippen molar-refractivity contribution in [2.45, 2.75) is 31.7 Å². The molecule has 0 bridgehead atoms. The number of alkyl halides is 1. The predicted molar refractivity (Wildman–Crippen MR) is 80.9 cm³/mol. The van der Waals surface area contributed by atoms with Crippen molar-refractivity contribution in [2.75, 3.05) is 11.5 Å². The van der Waals surface area contributed by atoms with Crippen LogP contribution in [0.5, 0.6) is 0 Å². The molecule has 0 spiro atoms. The van der Waals surface area contributed by atoms with Crippen LogP contribution in [0.25, 0.3) is 11.0 Å². The van der Waals surface area contributed by atoms with Crippen molar-refractivity contribution in [3.63, 3.8) is 0 Å². The maximum atomic E-state index is 13.7. The maximum absolute atomic E-state index is 13.7. The van der Waals surface area contributed by atoms with Crippen molar-refractivity contribution < 1.29 is 12.8 Å². The highest BCUT2D eigenvalue weighted by atomic mass is 35.5. The number of benzene rings is 1. The third-order valence-electron chi connectivity index (χ3n) is 4.05. The summed E-state index contributed by atoms with van der Waals surface area (Å²) in [5.74, 6) is 0.956. The number of fused-ring (bicyclic) bond motifs is 1. The predicted octanol–water partition coefficient (Wildman–Crippen LogP) is 2.97. The summed E-state index contributed by atoms with van der Waals surface area (Å²) < 4.78 is 38.8. The van der Waals surface area contributed by atoms with Crippen LogP contribution in [0, 0.1) is 12.7 Å². The van der Waals surface area contributed by atoms with Crippen molar-refractivity contribution in [3.05, 3.63) is 29.3 Å². The van der Waals surface area contributed by atoms with Gasteiger partial charge in [0.25, 0.3) is 0 Å². The molecule has 1 saturated heterocycles. The smallest absolute Gasteiger partial charge is 0.150 e. The second-order valence-corrected chi connectivity index (χ2v) is 8.08. The molecule has 1 aromatic carbocycles. The zero-order valence-corrected chi connectivity index (χ0v) is 13.2. The van der Waals surface area contributed by atoms with E-state index in [0.717, 1.165) is 5.52 Å². The molecule has 0 N–H and O–H groups in total. The molecule has 2 aromatic rings. The van der Waals surface area contributed by atoms with Crippen LogP contribution in [-0.4, -0.2) is 29.5 Å². The maximum Gasteiger partial charge on any atom is 0.150 e. The molecule has 4 nitrogen and oxygen atoms in total. The topological polar surface area (TPSA) is 52.0 Å². The van der Waals surface area contributed by atoms with E-state index in [1.165, 1.54) is 6.07 Å². The van der Waals surface area contributed by atoms with Crippen LogP contribution in [0.1, 0.15) is 30.3 Å². The minimum Gasteiger partial charge on any atom is -0.324 e. The minimum absolute atomic E-state index is 0.0529. The van der Waals surface area contributed by atoms with E-state index >= 15 is 0 Å². The van der Waals surface area contributed by atoms with Gasteiger partial charge >= 0.3 is 0 Å². The molecule has 3 rings (SSSR count). The third-order valence-corrected chi connectivity index (χ3v) is 6.01. The number of rotatable bonds is 2. The molecular weight excluding hydrogens is 315 g/mol. The van der Waals surface area contributed by atoms with Crippen molar-refractivity contribution in [2.24, 2.45) is 0 Å². The summed E-state index contributed by atoms with van der Waals surface area (Å²) in [6.45, 7) is 1.71. The van der Waals surface area contributed by atoms with Crippen LogP contribution in [0.2, 0.25) is 0 Å². The van der Waals surface area contributed by atoms with E-state index < -0.39 is 9.84 Å². The van der Waals surface area contributed by atoms with Crippen molar-refractivity contribution >= 4 is 32.5 Å². The van der Waals surface area contributed by atoms with Crippen LogP contribution in [0.15, 0.2) is 12.1 Å². The van der Waals surface area contributed by atoms with Gasteiger partial charge in [0.1, 0.15) is 21.5 Å². The summed E-state index contributed by atoms with van der Waals surface area (Å²) >= 11 is 5.96. The highest BCUT2D eigenvalue weighted by Gasteiger charge is 2.27. The van der Waals surface area contributed by atoms with Crippen LogP contribution >= 0.6 is 11.6 Å². The Hall–Kier alpha value is -1.14. The molecule has 1 aromatic heterocycles. The molecule has 1 aliphatic heterocycles. The highest BCUT2D eigenvalue weighted by Crippen LogP contribution is 2.31. The fourth-order valence-electron chi connectivity index (χ4n) is 2.91. The Labute approximate surface area is 127 Å². The molecular formula is C14H16ClFN2O2S. The zero-order valence-electron chi connectivity index (χ0n) is 11.6. The van der Waals surface area contributed by atoms with Crippen LogP contribution in [-0.2, 0) is 15.7 Å². The van der Waals surface area contributed by atoms with E-state index in [9.17, 15) is 12.8 Å². The minimum atomic E-state index is -2.92. The Morgan fingerprint density at radius 2 is 2.05 bits per heavy atom. The molecule has 0 radical (unpaired) electrons. The van der Waals surface area contributed by atoms with Crippen molar-refractivity contribution in [1.29, 1.82) is 0 Å². The summed E-state index contributed by atoms with van der Waals surface area (Å²) in [4.78, 5) is 4.39. The first-order valence-electron chi connectivity index (χ1n) is 6.84. The van der Waals surface area contributed by atoms with Crippen LogP contribution in [0.3, 0.4) is 0 Å². The Morgan fingerprint density at radius 1 is 1.38 bits per heavy atom. The molecule has 1 fully saturated rings. The van der Waals surface area contributed by atoms with Gasteiger partial charge in [-0.05, 0) is 31.4 Å². The van der Waals surface area contributed by atoms with Gasteiger partial charge < -0.3 is 4.57 Å². The SMILES string of the molecule is Cc1cc2c(cc1F)nc(CCl)n2C1CCS(=O)(=O)CC1. The molecule has 0 amide bonds. The van der Waals surface area contributed by atoms with E-state index in [-0.39, 0.29) is 29.2 Å². The molecule has 0 saturated carbocycles. The average Bonchev–Trinajstić information content (AvgIpc) is 2.77. The number of imidazole rings is 1. The standard InChI is InChI=1S/C14H16ClFN2O2S/c1-9-6-13-12(7-11(9)16)17-14(8-15)18(13)10-2-4-21(19,20)5-3-10/h6-7,10H,2-5,8H2,1H3. The molecule has 0 aliphatic carbocycles. The molecule has 1 aliphatic rings. The molecule has 0 atom stereocenters. The lowest BCUT2D eigenvalue weighted by Gasteiger charge is -2.25. The summed E-state index contributed by atoms with van der Waals surface area (Å²) in [5, 5.41) is 0. The van der Waals surface area contributed by atoms with Gasteiger partial charge in [-0.15, -0.1) is 11.6 Å². The van der Waals surface area contributed by atoms with E-state index in [0.29, 0.717) is 29.7 Å². The van der Waals surface area contributed by atoms with Gasteiger partial charge in [-0.25, -0.2) is 17.8 Å². The van der Waals surface area contributed by atoms with Gasteiger partial charge in [-0.3, -0.25) is 0 Å². The first-order valence-corrected chi connectivity index (χ1v) is 9.20. The lowest BCUT2D eigenvalue weighted by Crippen LogP contribution is -2.26. The highest BCUT2D eigenvalue weighted by molar-refractivity contribution is 7.91. The van der Waals surface area contributed by atoms with Crippen molar-refractivity contribution in [1.82, 2.24) is 9.55 Å². The second kappa shape index (κ2) is 5.25. The lowest BCUT2D eigenvalue weighted by molar-refractivity contribution is 0.450. The Kier molecular flexibility index (Phi) is 3.69. The number of sulfone groups is 1. The largest absolute Gasteiger partial charge is 0.324 e. The number of hydrogen-bond donors (Lipinski definition) is 0. The Bertz CT molecular complexity index is 787. The fraction of sp³-hybridized carbons (Fsp3) is 0.500. The number of aryl methyl sites for hydroxylation is 1. The molecule has 2 heterocycles. The quantitative estimate of drug-likeness (QED) is 0.795. The van der Waals surface area contributed by atoms with Gasteiger partial charge in [-0.2, -0.15) is 0 Å². The number of aromatic nitrogens is 2. The first kappa shape index (κ1) is 14.8. The van der Waals surface area contributed by atoms with Gasteiger partial charge in [-0.1, -0.05) is 0 Å². The van der Waals surface area contributed by atoms with Gasteiger partial charge in [0.05, 0.1) is 28.4 Å². The van der Waals surface area contributed by atoms with Gasteiger partial charge in [0, 0.05) is 12.1 Å². The molecule has 0 unspecified atom stereocenters. The zero-order chi connectivity index (χ0) is 15.2. The van der Waals surface area contributed by atoms with Crippen LogP contribution < -0.4 is 0 Å². The van der Waals surface area contributed by atoms with E-state index in [1.807, 2.05) is 4.57 Å². The normalized spacial score (nSPS) is 19.2. The van der Waals surface area contributed by atoms with E-state index in [1.54, 1.807) is 13.0 Å². The van der Waals surface area contributed by atoms with Crippen molar-refractivity contribution in [3.8, 4) is 0 Å². The van der Waals surface area contributed by atoms with Crippen LogP contribution in [0.4, 0.5) is 4.39 Å². The molecule has 114 valence electrons. The Morgan fingerprint density at radius 3 is 2.67 bits per heavy atom. The number of hydrogen-bond acceptors (Lipinski definition) is 3. The number of halogens is 2. The summed E-state index contributed by atoms with van der Waals surface area (Å²) in [6.07, 6.45) is 1.10. The Balaban J connectivity index is 2.10. The summed E-state index contributed by atoms with van der Waals surface area (Å²) in [5.41, 5.74) is 1.95. The number of nitrogens with zero attached hydrogens (tertiary/aromatic N) is 2. The summed E-state index contributed by atoms with van der Waals surface area (Å²) in [6, 6.07) is 3.23. The molecule has 21 heavy (non-hydrogen) atoms. The monoisotopic (exact) mass is 330 g/mol. The third kappa shape index (κ3) is 2.66. The summed E-state index contributed by atoms with van der Waals surface area (Å²) in [7, 11) is -2.92. The fourth-order valence-corrected chi connectivity index (χ4v) is 4.56. The second-order valence-electron chi connectivity index (χ2n) is 5.50.